The number of piperidine rings is 1. The first kappa shape index (κ1) is 19.2. The largest absolute Gasteiger partial charge is 0.337 e. The Morgan fingerprint density at radius 2 is 1.79 bits per heavy atom. The lowest BCUT2D eigenvalue weighted by Gasteiger charge is -2.42. The third-order valence-electron chi connectivity index (χ3n) is 6.03. The molecule has 2 aromatic rings. The van der Waals surface area contributed by atoms with E-state index in [2.05, 4.69) is 5.10 Å². The van der Waals surface area contributed by atoms with Crippen LogP contribution in [0.3, 0.4) is 0 Å². The van der Waals surface area contributed by atoms with Gasteiger partial charge in [-0.1, -0.05) is 30.3 Å². The number of imide groups is 1. The Labute approximate surface area is 169 Å². The van der Waals surface area contributed by atoms with Crippen LogP contribution in [0.1, 0.15) is 35.8 Å². The van der Waals surface area contributed by atoms with Crippen molar-refractivity contribution in [3.63, 3.8) is 0 Å². The minimum Gasteiger partial charge on any atom is -0.337 e. The highest BCUT2D eigenvalue weighted by molar-refractivity contribution is 6.07. The smallest absolute Gasteiger partial charge is 0.327 e. The van der Waals surface area contributed by atoms with Gasteiger partial charge in [-0.15, -0.1) is 0 Å². The maximum Gasteiger partial charge on any atom is 0.327 e. The van der Waals surface area contributed by atoms with Crippen molar-refractivity contribution in [1.29, 1.82) is 0 Å². The number of nitrogens with zero attached hydrogens (tertiary/aromatic N) is 5. The molecular weight excluding hydrogens is 370 g/mol. The van der Waals surface area contributed by atoms with Crippen molar-refractivity contribution in [2.75, 3.05) is 20.1 Å². The molecule has 2 fully saturated rings. The van der Waals surface area contributed by atoms with Gasteiger partial charge in [0, 0.05) is 39.4 Å². The lowest BCUT2D eigenvalue weighted by Crippen LogP contribution is -2.57. The first-order chi connectivity index (χ1) is 14.0. The molecule has 1 aromatic heterocycles. The average molecular weight is 395 g/mol. The summed E-state index contributed by atoms with van der Waals surface area (Å²) in [4.78, 5) is 43.4. The number of hydrogen-bond acceptors (Lipinski definition) is 4. The van der Waals surface area contributed by atoms with Gasteiger partial charge in [-0.05, 0) is 31.4 Å². The Morgan fingerprint density at radius 3 is 2.45 bits per heavy atom. The van der Waals surface area contributed by atoms with Gasteiger partial charge in [-0.2, -0.15) is 5.10 Å². The summed E-state index contributed by atoms with van der Waals surface area (Å²) >= 11 is 0. The predicted molar refractivity (Wildman–Crippen MR) is 106 cm³/mol. The quantitative estimate of drug-likeness (QED) is 0.742. The van der Waals surface area contributed by atoms with Crippen LogP contribution in [0.15, 0.2) is 42.6 Å². The van der Waals surface area contributed by atoms with Crippen LogP contribution in [0.5, 0.6) is 0 Å². The predicted octanol–water partition coefficient (Wildman–Crippen LogP) is 1.97. The van der Waals surface area contributed by atoms with Gasteiger partial charge >= 0.3 is 6.03 Å². The average Bonchev–Trinajstić information content (AvgIpc) is 3.30. The third kappa shape index (κ3) is 3.08. The van der Waals surface area contributed by atoms with Crippen LogP contribution in [-0.2, 0) is 17.9 Å². The molecule has 152 valence electrons. The zero-order valence-corrected chi connectivity index (χ0v) is 16.7. The maximum atomic E-state index is 13.0. The summed E-state index contributed by atoms with van der Waals surface area (Å²) in [5.41, 5.74) is 0.646. The van der Waals surface area contributed by atoms with Gasteiger partial charge in [-0.25, -0.2) is 4.79 Å². The molecule has 3 heterocycles. The number of aromatic nitrogens is 2. The van der Waals surface area contributed by atoms with Crippen LogP contribution in [0, 0.1) is 0 Å². The fraction of sp³-hybridized carbons (Fsp3) is 0.429. The molecule has 8 nitrogen and oxygen atoms in total. The second-order valence-corrected chi connectivity index (χ2v) is 7.57. The van der Waals surface area contributed by atoms with E-state index in [1.807, 2.05) is 37.3 Å². The van der Waals surface area contributed by atoms with Crippen molar-refractivity contribution < 1.29 is 14.4 Å². The van der Waals surface area contributed by atoms with E-state index >= 15 is 0 Å². The summed E-state index contributed by atoms with van der Waals surface area (Å²) in [6.45, 7) is 3.79. The zero-order chi connectivity index (χ0) is 20.6. The van der Waals surface area contributed by atoms with Crippen molar-refractivity contribution >= 4 is 17.8 Å². The molecule has 0 N–H and O–H groups in total. The number of benzene rings is 1. The molecule has 1 aromatic carbocycles. The molecule has 4 rings (SSSR count). The summed E-state index contributed by atoms with van der Waals surface area (Å²) in [5.74, 6) is -0.261. The van der Waals surface area contributed by atoms with Crippen LogP contribution >= 0.6 is 0 Å². The Kier molecular flexibility index (Phi) is 4.86. The number of amides is 4. The van der Waals surface area contributed by atoms with Crippen molar-refractivity contribution in [2.45, 2.75) is 38.4 Å². The molecule has 0 atom stereocenters. The minimum atomic E-state index is -0.885. The van der Waals surface area contributed by atoms with Crippen molar-refractivity contribution in [1.82, 2.24) is 24.5 Å². The van der Waals surface area contributed by atoms with E-state index in [1.165, 1.54) is 11.9 Å². The molecule has 0 unspecified atom stereocenters. The number of hydrogen-bond donors (Lipinski definition) is 0. The van der Waals surface area contributed by atoms with Gasteiger partial charge in [0.25, 0.3) is 11.8 Å². The minimum absolute atomic E-state index is 0.0843. The van der Waals surface area contributed by atoms with Crippen LogP contribution in [-0.4, -0.2) is 68.0 Å². The molecule has 0 saturated carbocycles. The second-order valence-electron chi connectivity index (χ2n) is 7.57. The van der Waals surface area contributed by atoms with Crippen LogP contribution in [0.2, 0.25) is 0 Å². The number of urea groups is 1. The van der Waals surface area contributed by atoms with Gasteiger partial charge in [0.2, 0.25) is 0 Å². The van der Waals surface area contributed by atoms with Crippen LogP contribution in [0.25, 0.3) is 0 Å². The molecule has 0 aliphatic carbocycles. The highest BCUT2D eigenvalue weighted by Gasteiger charge is 2.57. The normalized spacial score (nSPS) is 18.8. The number of aryl methyl sites for hydroxylation is 1. The van der Waals surface area contributed by atoms with Gasteiger partial charge < -0.3 is 9.80 Å². The summed E-state index contributed by atoms with van der Waals surface area (Å²) < 4.78 is 1.67. The molecule has 0 radical (unpaired) electrons. The number of likely N-dealkylation sites (N-methyl/N-ethyl adjacent to an activating group) is 1. The maximum absolute atomic E-state index is 13.0. The molecule has 4 amide bonds. The number of rotatable bonds is 4. The summed E-state index contributed by atoms with van der Waals surface area (Å²) in [6.07, 6.45) is 2.49. The molecule has 2 aliphatic heterocycles. The highest BCUT2D eigenvalue weighted by atomic mass is 16.2. The molecule has 1 spiro atoms. The lowest BCUT2D eigenvalue weighted by atomic mass is 9.85. The van der Waals surface area contributed by atoms with E-state index in [-0.39, 0.29) is 17.8 Å². The lowest BCUT2D eigenvalue weighted by molar-refractivity contribution is -0.134. The van der Waals surface area contributed by atoms with E-state index in [0.29, 0.717) is 44.7 Å². The van der Waals surface area contributed by atoms with E-state index in [9.17, 15) is 14.4 Å². The summed E-state index contributed by atoms with van der Waals surface area (Å²) in [5, 5.41) is 4.17. The van der Waals surface area contributed by atoms with Crippen molar-refractivity contribution in [3.8, 4) is 0 Å². The summed E-state index contributed by atoms with van der Waals surface area (Å²) in [7, 11) is 1.54. The topological polar surface area (TPSA) is 78.8 Å². The highest BCUT2D eigenvalue weighted by Crippen LogP contribution is 2.38. The molecule has 8 heteroatoms. The Bertz CT molecular complexity index is 931. The third-order valence-corrected chi connectivity index (χ3v) is 6.03. The molecule has 0 bridgehead atoms. The van der Waals surface area contributed by atoms with Gasteiger partial charge in [0.05, 0.1) is 0 Å². The van der Waals surface area contributed by atoms with Gasteiger partial charge in [-0.3, -0.25) is 19.2 Å². The number of carbonyl (C=O) groups is 3. The fourth-order valence-electron chi connectivity index (χ4n) is 4.36. The molecule has 2 saturated heterocycles. The number of likely N-dealkylation sites (tertiary alicyclic amines) is 1. The fourth-order valence-corrected chi connectivity index (χ4v) is 4.36. The van der Waals surface area contributed by atoms with E-state index < -0.39 is 5.54 Å². The van der Waals surface area contributed by atoms with Crippen LogP contribution < -0.4 is 0 Å². The standard InChI is InChI=1S/C21H25N5O3/c1-3-26-17(9-12-22-26)18(27)24-13-10-21(11-14-24)19(28)23(2)20(29)25(21)15-16-7-5-4-6-8-16/h4-9,12H,3,10-11,13-15H2,1-2H3. The molecule has 2 aliphatic rings. The monoisotopic (exact) mass is 395 g/mol. The van der Waals surface area contributed by atoms with Gasteiger partial charge in [0.15, 0.2) is 0 Å². The molecular formula is C21H25N5O3. The SMILES string of the molecule is CCn1nccc1C(=O)N1CCC2(CC1)C(=O)N(C)C(=O)N2Cc1ccccc1. The van der Waals surface area contributed by atoms with E-state index in [4.69, 9.17) is 0 Å². The van der Waals surface area contributed by atoms with Gasteiger partial charge in [0.1, 0.15) is 11.2 Å². The van der Waals surface area contributed by atoms with Crippen molar-refractivity contribution in [2.24, 2.45) is 0 Å². The van der Waals surface area contributed by atoms with E-state index in [0.717, 1.165) is 5.56 Å². The van der Waals surface area contributed by atoms with Crippen molar-refractivity contribution in [3.05, 3.63) is 53.9 Å². The van der Waals surface area contributed by atoms with Crippen LogP contribution in [0.4, 0.5) is 4.79 Å². The summed E-state index contributed by atoms with van der Waals surface area (Å²) in [6, 6.07) is 11.1. The second kappa shape index (κ2) is 7.35. The first-order valence-corrected chi connectivity index (χ1v) is 9.92. The van der Waals surface area contributed by atoms with E-state index in [1.54, 1.807) is 26.7 Å². The Balaban J connectivity index is 1.55. The Morgan fingerprint density at radius 1 is 1.10 bits per heavy atom. The Hall–Kier alpha value is -3.16. The molecule has 29 heavy (non-hydrogen) atoms. The first-order valence-electron chi connectivity index (χ1n) is 9.92. The zero-order valence-electron chi connectivity index (χ0n) is 16.7. The number of carbonyl (C=O) groups excluding carboxylic acids is 3.